The van der Waals surface area contributed by atoms with E-state index in [1.807, 2.05) is 6.92 Å². The van der Waals surface area contributed by atoms with Crippen molar-refractivity contribution in [2.75, 3.05) is 0 Å². The van der Waals surface area contributed by atoms with Gasteiger partial charge in [-0.25, -0.2) is 4.98 Å². The molecule has 2 rings (SSSR count). The van der Waals surface area contributed by atoms with Gasteiger partial charge in [0.25, 0.3) is 0 Å². The molecule has 72 valence electrons. The molecule has 0 aliphatic rings. The Hall–Kier alpha value is -1.14. The Balaban J connectivity index is 2.15. The van der Waals surface area contributed by atoms with Crippen molar-refractivity contribution in [1.29, 1.82) is 0 Å². The molecule has 0 aromatic carbocycles. The number of aromatic nitrogens is 5. The Kier molecular flexibility index (Phi) is 2.64. The summed E-state index contributed by atoms with van der Waals surface area (Å²) < 4.78 is 0. The Morgan fingerprint density at radius 3 is 2.79 bits per heavy atom. The third-order valence-corrected chi connectivity index (χ3v) is 2.37. The van der Waals surface area contributed by atoms with Crippen molar-refractivity contribution < 1.29 is 0 Å². The highest BCUT2D eigenvalue weighted by atomic mass is 35.5. The predicted molar refractivity (Wildman–Crippen MR) is 52.3 cm³/mol. The summed E-state index contributed by atoms with van der Waals surface area (Å²) in [4.78, 5) is 4.12. The Labute approximate surface area is 89.3 Å². The molecule has 1 N–H and O–H groups in total. The summed E-state index contributed by atoms with van der Waals surface area (Å²) in [5.41, 5.74) is 0. The lowest BCUT2D eigenvalue weighted by Gasteiger charge is -1.93. The van der Waals surface area contributed by atoms with Gasteiger partial charge in [0.2, 0.25) is 5.16 Å². The van der Waals surface area contributed by atoms with Crippen molar-refractivity contribution in [2.24, 2.45) is 0 Å². The van der Waals surface area contributed by atoms with Gasteiger partial charge in [0.05, 0.1) is 0 Å². The van der Waals surface area contributed by atoms with Crippen LogP contribution in [-0.2, 0) is 0 Å². The lowest BCUT2D eigenvalue weighted by molar-refractivity contribution is 0.915. The number of hydrogen-bond acceptors (Lipinski definition) is 5. The first-order chi connectivity index (χ1) is 6.74. The molecule has 2 aromatic heterocycles. The molecule has 0 unspecified atom stereocenters. The lowest BCUT2D eigenvalue weighted by atomic mass is 10.6. The molecule has 0 saturated carbocycles. The summed E-state index contributed by atoms with van der Waals surface area (Å²) in [5.74, 6) is 0.773. The quantitative estimate of drug-likeness (QED) is 0.846. The minimum absolute atomic E-state index is 0.375. The Morgan fingerprint density at radius 1 is 1.36 bits per heavy atom. The first-order valence-corrected chi connectivity index (χ1v) is 4.99. The van der Waals surface area contributed by atoms with E-state index in [0.29, 0.717) is 15.3 Å². The number of nitrogens with one attached hydrogen (secondary N) is 1. The molecule has 0 radical (unpaired) electrons. The zero-order valence-corrected chi connectivity index (χ0v) is 8.80. The molecule has 0 aliphatic carbocycles. The number of hydrogen-bond donors (Lipinski definition) is 1. The first kappa shape index (κ1) is 9.42. The van der Waals surface area contributed by atoms with Crippen molar-refractivity contribution >= 4 is 23.4 Å². The predicted octanol–water partition coefficient (Wildman–Crippen LogP) is 1.71. The van der Waals surface area contributed by atoms with Gasteiger partial charge < -0.3 is 0 Å². The van der Waals surface area contributed by atoms with Gasteiger partial charge in [-0.3, -0.25) is 5.10 Å². The Morgan fingerprint density at radius 2 is 2.21 bits per heavy atom. The molecule has 5 nitrogen and oxygen atoms in total. The normalized spacial score (nSPS) is 10.4. The van der Waals surface area contributed by atoms with Gasteiger partial charge in [0.15, 0.2) is 5.15 Å². The number of aromatic amines is 1. The molecule has 0 aliphatic heterocycles. The second-order valence-electron chi connectivity index (χ2n) is 2.50. The molecule has 7 heteroatoms. The third kappa shape index (κ3) is 2.21. The van der Waals surface area contributed by atoms with Gasteiger partial charge in [-0.15, -0.1) is 15.3 Å². The highest BCUT2D eigenvalue weighted by molar-refractivity contribution is 7.99. The van der Waals surface area contributed by atoms with E-state index in [2.05, 4.69) is 25.4 Å². The van der Waals surface area contributed by atoms with Gasteiger partial charge in [-0.2, -0.15) is 0 Å². The average molecular weight is 228 g/mol. The van der Waals surface area contributed by atoms with Gasteiger partial charge in [0.1, 0.15) is 10.9 Å². The third-order valence-electron chi connectivity index (χ3n) is 1.38. The van der Waals surface area contributed by atoms with E-state index in [1.54, 1.807) is 12.1 Å². The van der Waals surface area contributed by atoms with Gasteiger partial charge in [0, 0.05) is 0 Å². The summed E-state index contributed by atoms with van der Waals surface area (Å²) in [6.07, 6.45) is 0. The molecule has 2 aromatic rings. The Bertz CT molecular complexity index is 426. The number of rotatable bonds is 2. The molecular weight excluding hydrogens is 222 g/mol. The van der Waals surface area contributed by atoms with Gasteiger partial charge in [-0.05, 0) is 30.8 Å². The number of halogens is 1. The number of aryl methyl sites for hydroxylation is 1. The second kappa shape index (κ2) is 3.93. The molecule has 14 heavy (non-hydrogen) atoms. The number of H-pyrrole nitrogens is 1. The van der Waals surface area contributed by atoms with Crippen LogP contribution < -0.4 is 0 Å². The van der Waals surface area contributed by atoms with Crippen molar-refractivity contribution in [3.63, 3.8) is 0 Å². The summed E-state index contributed by atoms with van der Waals surface area (Å²) >= 11 is 6.93. The van der Waals surface area contributed by atoms with Crippen LogP contribution in [0, 0.1) is 6.92 Å². The van der Waals surface area contributed by atoms with Crippen LogP contribution in [0.15, 0.2) is 22.3 Å². The second-order valence-corrected chi connectivity index (χ2v) is 3.87. The van der Waals surface area contributed by atoms with E-state index in [9.17, 15) is 0 Å². The molecule has 0 spiro atoms. The minimum atomic E-state index is 0.375. The monoisotopic (exact) mass is 227 g/mol. The standard InChI is InChI=1S/C7H6ClN5S/c1-4-9-7(13-10-4)14-6-3-2-5(8)11-12-6/h2-3H,1H3,(H,9,10,13). The molecule has 0 bridgehead atoms. The molecule has 2 heterocycles. The minimum Gasteiger partial charge on any atom is -0.262 e. The van der Waals surface area contributed by atoms with E-state index < -0.39 is 0 Å². The van der Waals surface area contributed by atoms with Crippen LogP contribution in [0.1, 0.15) is 5.82 Å². The van der Waals surface area contributed by atoms with Crippen molar-refractivity contribution in [3.05, 3.63) is 23.1 Å². The fourth-order valence-electron chi connectivity index (χ4n) is 0.820. The summed E-state index contributed by atoms with van der Waals surface area (Å²) in [7, 11) is 0. The van der Waals surface area contributed by atoms with Crippen LogP contribution in [0.4, 0.5) is 0 Å². The van der Waals surface area contributed by atoms with E-state index in [4.69, 9.17) is 11.6 Å². The highest BCUT2D eigenvalue weighted by Crippen LogP contribution is 2.21. The van der Waals surface area contributed by atoms with E-state index in [0.717, 1.165) is 5.82 Å². The van der Waals surface area contributed by atoms with Crippen molar-refractivity contribution in [3.8, 4) is 0 Å². The maximum atomic E-state index is 5.60. The number of nitrogens with zero attached hydrogens (tertiary/aromatic N) is 4. The maximum absolute atomic E-state index is 5.60. The van der Waals surface area contributed by atoms with E-state index in [-0.39, 0.29) is 0 Å². The van der Waals surface area contributed by atoms with Crippen LogP contribution >= 0.6 is 23.4 Å². The van der Waals surface area contributed by atoms with Crippen molar-refractivity contribution in [2.45, 2.75) is 17.1 Å². The maximum Gasteiger partial charge on any atom is 0.214 e. The van der Waals surface area contributed by atoms with Crippen molar-refractivity contribution in [1.82, 2.24) is 25.4 Å². The smallest absolute Gasteiger partial charge is 0.214 e. The zero-order chi connectivity index (χ0) is 9.97. The molecule has 0 fully saturated rings. The molecular formula is C7H6ClN5S. The summed E-state index contributed by atoms with van der Waals surface area (Å²) in [6, 6.07) is 3.45. The highest BCUT2D eigenvalue weighted by Gasteiger charge is 2.03. The van der Waals surface area contributed by atoms with E-state index in [1.165, 1.54) is 11.8 Å². The SMILES string of the molecule is Cc1nc(Sc2ccc(Cl)nn2)n[nH]1. The molecule has 0 saturated heterocycles. The van der Waals surface area contributed by atoms with Crippen LogP contribution in [-0.4, -0.2) is 25.4 Å². The zero-order valence-electron chi connectivity index (χ0n) is 7.23. The molecule has 0 atom stereocenters. The first-order valence-electron chi connectivity index (χ1n) is 3.80. The fourth-order valence-corrected chi connectivity index (χ4v) is 1.60. The van der Waals surface area contributed by atoms with E-state index >= 15 is 0 Å². The summed E-state index contributed by atoms with van der Waals surface area (Å²) in [5, 5.41) is 16.0. The topological polar surface area (TPSA) is 67.3 Å². The lowest BCUT2D eigenvalue weighted by Crippen LogP contribution is -1.85. The van der Waals surface area contributed by atoms with Crippen LogP contribution in [0.5, 0.6) is 0 Å². The molecule has 0 amide bonds. The summed E-state index contributed by atoms with van der Waals surface area (Å²) in [6.45, 7) is 1.84. The van der Waals surface area contributed by atoms with Crippen LogP contribution in [0.2, 0.25) is 5.15 Å². The largest absolute Gasteiger partial charge is 0.262 e. The fraction of sp³-hybridized carbons (Fsp3) is 0.143. The van der Waals surface area contributed by atoms with Crippen LogP contribution in [0.3, 0.4) is 0 Å². The van der Waals surface area contributed by atoms with Gasteiger partial charge >= 0.3 is 0 Å². The van der Waals surface area contributed by atoms with Crippen LogP contribution in [0.25, 0.3) is 0 Å². The van der Waals surface area contributed by atoms with Gasteiger partial charge in [-0.1, -0.05) is 11.6 Å². The average Bonchev–Trinajstić information content (AvgIpc) is 2.56.